The predicted octanol–water partition coefficient (Wildman–Crippen LogP) is -0.453. The van der Waals surface area contributed by atoms with Crippen molar-refractivity contribution in [3.05, 3.63) is 23.9 Å². The van der Waals surface area contributed by atoms with Crippen LogP contribution in [0.1, 0.15) is 5.56 Å². The van der Waals surface area contributed by atoms with E-state index in [9.17, 15) is 0 Å². The van der Waals surface area contributed by atoms with Gasteiger partial charge in [0.05, 0.1) is 12.2 Å². The SMILES string of the molecule is N/C(=N\O)c1cccnc1OCCO. The maximum Gasteiger partial charge on any atom is 0.224 e. The van der Waals surface area contributed by atoms with Gasteiger partial charge >= 0.3 is 0 Å². The van der Waals surface area contributed by atoms with Gasteiger partial charge in [0.2, 0.25) is 5.88 Å². The van der Waals surface area contributed by atoms with Gasteiger partial charge in [-0.25, -0.2) is 4.98 Å². The highest BCUT2D eigenvalue weighted by molar-refractivity contribution is 5.98. The number of pyridine rings is 1. The summed E-state index contributed by atoms with van der Waals surface area (Å²) in [5, 5.41) is 19.9. The van der Waals surface area contributed by atoms with E-state index in [4.69, 9.17) is 20.8 Å². The van der Waals surface area contributed by atoms with Crippen LogP contribution in [-0.2, 0) is 0 Å². The number of rotatable bonds is 4. The summed E-state index contributed by atoms with van der Waals surface area (Å²) in [4.78, 5) is 3.88. The van der Waals surface area contributed by atoms with Crippen LogP contribution in [0.2, 0.25) is 0 Å². The van der Waals surface area contributed by atoms with Gasteiger partial charge in [0.1, 0.15) is 6.61 Å². The molecule has 0 aliphatic heterocycles. The van der Waals surface area contributed by atoms with Crippen LogP contribution in [0.4, 0.5) is 0 Å². The Morgan fingerprint density at radius 3 is 3.07 bits per heavy atom. The summed E-state index contributed by atoms with van der Waals surface area (Å²) < 4.78 is 5.08. The number of hydrogen-bond acceptors (Lipinski definition) is 5. The van der Waals surface area contributed by atoms with E-state index in [0.717, 1.165) is 0 Å². The molecule has 0 bridgehead atoms. The van der Waals surface area contributed by atoms with Crippen LogP contribution in [0.15, 0.2) is 23.5 Å². The Bertz CT molecular complexity index is 327. The second-order valence-corrected chi connectivity index (χ2v) is 2.41. The molecule has 1 aromatic rings. The first-order chi connectivity index (χ1) is 6.79. The minimum Gasteiger partial charge on any atom is -0.475 e. The number of oxime groups is 1. The number of amidine groups is 1. The molecule has 0 amide bonds. The Morgan fingerprint density at radius 1 is 1.64 bits per heavy atom. The first kappa shape index (κ1) is 10.3. The zero-order valence-electron chi connectivity index (χ0n) is 7.42. The number of ether oxygens (including phenoxy) is 1. The fourth-order valence-corrected chi connectivity index (χ4v) is 0.897. The lowest BCUT2D eigenvalue weighted by Gasteiger charge is -2.07. The topological polar surface area (TPSA) is 101 Å². The summed E-state index contributed by atoms with van der Waals surface area (Å²) in [6.07, 6.45) is 1.51. The number of aromatic nitrogens is 1. The van der Waals surface area contributed by atoms with E-state index >= 15 is 0 Å². The van der Waals surface area contributed by atoms with Crippen molar-refractivity contribution in [1.82, 2.24) is 4.98 Å². The van der Waals surface area contributed by atoms with E-state index in [1.165, 1.54) is 6.20 Å². The maximum absolute atomic E-state index is 8.55. The third-order valence-electron chi connectivity index (χ3n) is 1.48. The van der Waals surface area contributed by atoms with Gasteiger partial charge in [-0.15, -0.1) is 0 Å². The van der Waals surface area contributed by atoms with E-state index < -0.39 is 0 Å². The molecule has 0 aromatic carbocycles. The van der Waals surface area contributed by atoms with Crippen molar-refractivity contribution in [1.29, 1.82) is 0 Å². The minimum atomic E-state index is -0.119. The second-order valence-electron chi connectivity index (χ2n) is 2.41. The Morgan fingerprint density at radius 2 is 2.43 bits per heavy atom. The number of aliphatic hydroxyl groups is 1. The average Bonchev–Trinajstić information content (AvgIpc) is 2.25. The molecule has 0 atom stereocenters. The summed E-state index contributed by atoms with van der Waals surface area (Å²) in [7, 11) is 0. The molecule has 0 saturated carbocycles. The molecule has 0 fully saturated rings. The third-order valence-corrected chi connectivity index (χ3v) is 1.48. The van der Waals surface area contributed by atoms with E-state index in [-0.39, 0.29) is 24.9 Å². The lowest BCUT2D eigenvalue weighted by molar-refractivity contribution is 0.196. The molecular formula is C8H11N3O3. The summed E-state index contributed by atoms with van der Waals surface area (Å²) in [5.74, 6) is 0.155. The quantitative estimate of drug-likeness (QED) is 0.262. The lowest BCUT2D eigenvalue weighted by Crippen LogP contribution is -2.16. The van der Waals surface area contributed by atoms with Crippen LogP contribution in [0.3, 0.4) is 0 Å². The van der Waals surface area contributed by atoms with Gasteiger partial charge in [-0.1, -0.05) is 5.16 Å². The van der Waals surface area contributed by atoms with Crippen molar-refractivity contribution < 1.29 is 15.1 Å². The second kappa shape index (κ2) is 5.03. The van der Waals surface area contributed by atoms with Crippen molar-refractivity contribution in [2.24, 2.45) is 10.9 Å². The maximum atomic E-state index is 8.55. The van der Waals surface area contributed by atoms with Gasteiger partial charge in [0.15, 0.2) is 5.84 Å². The van der Waals surface area contributed by atoms with Crippen LogP contribution in [-0.4, -0.2) is 34.3 Å². The number of hydrogen-bond donors (Lipinski definition) is 3. The standard InChI is InChI=1S/C8H11N3O3/c9-7(11-13)6-2-1-3-10-8(6)14-5-4-12/h1-3,12-13H,4-5H2,(H2,9,11). The van der Waals surface area contributed by atoms with Gasteiger partial charge in [0, 0.05) is 6.20 Å². The highest BCUT2D eigenvalue weighted by Crippen LogP contribution is 2.13. The van der Waals surface area contributed by atoms with Gasteiger partial charge < -0.3 is 20.8 Å². The van der Waals surface area contributed by atoms with Crippen molar-refractivity contribution >= 4 is 5.84 Å². The molecule has 1 aromatic heterocycles. The Kier molecular flexibility index (Phi) is 3.69. The Hall–Kier alpha value is -1.82. The highest BCUT2D eigenvalue weighted by Gasteiger charge is 2.08. The molecule has 0 radical (unpaired) electrons. The Balaban J connectivity index is 2.91. The van der Waals surface area contributed by atoms with Crippen LogP contribution < -0.4 is 10.5 Å². The fourth-order valence-electron chi connectivity index (χ4n) is 0.897. The van der Waals surface area contributed by atoms with Gasteiger partial charge in [-0.2, -0.15) is 0 Å². The van der Waals surface area contributed by atoms with Crippen molar-refractivity contribution in [3.8, 4) is 5.88 Å². The van der Waals surface area contributed by atoms with Crippen LogP contribution in [0, 0.1) is 0 Å². The predicted molar refractivity (Wildman–Crippen MR) is 49.3 cm³/mol. The van der Waals surface area contributed by atoms with E-state index in [0.29, 0.717) is 5.56 Å². The van der Waals surface area contributed by atoms with Crippen LogP contribution in [0.25, 0.3) is 0 Å². The molecule has 14 heavy (non-hydrogen) atoms. The zero-order valence-corrected chi connectivity index (χ0v) is 7.42. The van der Waals surface area contributed by atoms with Gasteiger partial charge in [-0.05, 0) is 12.1 Å². The van der Waals surface area contributed by atoms with Crippen molar-refractivity contribution in [2.45, 2.75) is 0 Å². The van der Waals surface area contributed by atoms with E-state index in [2.05, 4.69) is 10.1 Å². The molecule has 0 aliphatic rings. The molecule has 1 rings (SSSR count). The largest absolute Gasteiger partial charge is 0.475 e. The monoisotopic (exact) mass is 197 g/mol. The normalized spacial score (nSPS) is 11.4. The number of nitrogens with zero attached hydrogens (tertiary/aromatic N) is 2. The average molecular weight is 197 g/mol. The summed E-state index contributed by atoms with van der Waals surface area (Å²) in [5.41, 5.74) is 5.78. The smallest absolute Gasteiger partial charge is 0.224 e. The van der Waals surface area contributed by atoms with Crippen LogP contribution >= 0.6 is 0 Å². The van der Waals surface area contributed by atoms with Crippen molar-refractivity contribution in [3.63, 3.8) is 0 Å². The molecule has 0 unspecified atom stereocenters. The molecule has 76 valence electrons. The van der Waals surface area contributed by atoms with Gasteiger partial charge in [0.25, 0.3) is 0 Å². The zero-order chi connectivity index (χ0) is 10.4. The lowest BCUT2D eigenvalue weighted by atomic mass is 10.2. The third kappa shape index (κ3) is 2.33. The van der Waals surface area contributed by atoms with Crippen LogP contribution in [0.5, 0.6) is 5.88 Å². The molecule has 1 heterocycles. The fraction of sp³-hybridized carbons (Fsp3) is 0.250. The summed E-state index contributed by atoms with van der Waals surface area (Å²) in [6, 6.07) is 3.24. The first-order valence-electron chi connectivity index (χ1n) is 3.96. The van der Waals surface area contributed by atoms with E-state index in [1.807, 2.05) is 0 Å². The molecule has 4 N–H and O–H groups in total. The summed E-state index contributed by atoms with van der Waals surface area (Å²) >= 11 is 0. The molecular weight excluding hydrogens is 186 g/mol. The first-order valence-corrected chi connectivity index (χ1v) is 3.96. The molecule has 6 nitrogen and oxygen atoms in total. The van der Waals surface area contributed by atoms with Crippen molar-refractivity contribution in [2.75, 3.05) is 13.2 Å². The number of nitrogens with two attached hydrogens (primary N) is 1. The van der Waals surface area contributed by atoms with E-state index in [1.54, 1.807) is 12.1 Å². The van der Waals surface area contributed by atoms with Gasteiger partial charge in [-0.3, -0.25) is 0 Å². The molecule has 0 spiro atoms. The molecule has 0 saturated heterocycles. The summed E-state index contributed by atoms with van der Waals surface area (Å²) in [6.45, 7) is -0.00505. The highest BCUT2D eigenvalue weighted by atomic mass is 16.5. The molecule has 6 heteroatoms. The number of aliphatic hydroxyl groups excluding tert-OH is 1. The molecule has 0 aliphatic carbocycles. The minimum absolute atomic E-state index is 0.0777. The Labute approximate surface area is 80.6 Å².